The number of primary amides is 1. The van der Waals surface area contributed by atoms with Gasteiger partial charge in [0, 0.05) is 19.6 Å². The molecule has 2 rings (SSSR count). The van der Waals surface area contributed by atoms with Crippen molar-refractivity contribution in [1.82, 2.24) is 10.2 Å². The summed E-state index contributed by atoms with van der Waals surface area (Å²) in [7, 11) is 0. The zero-order valence-corrected chi connectivity index (χ0v) is 9.39. The number of nitriles is 1. The van der Waals surface area contributed by atoms with Gasteiger partial charge in [0.05, 0.1) is 17.7 Å². The third kappa shape index (κ3) is 2.37. The second-order valence-electron chi connectivity index (χ2n) is 3.99. The lowest BCUT2D eigenvalue weighted by atomic mass is 10.0. The van der Waals surface area contributed by atoms with Gasteiger partial charge in [0.15, 0.2) is 0 Å². The Morgan fingerprint density at radius 1 is 1.47 bits per heavy atom. The second-order valence-corrected chi connectivity index (χ2v) is 3.99. The molecule has 1 aromatic rings. The van der Waals surface area contributed by atoms with Gasteiger partial charge in [-0.1, -0.05) is 12.1 Å². The molecule has 1 atom stereocenters. The molecule has 1 unspecified atom stereocenters. The predicted octanol–water partition coefficient (Wildman–Crippen LogP) is 0.583. The van der Waals surface area contributed by atoms with Crippen LogP contribution in [0.4, 0.5) is 4.79 Å². The largest absolute Gasteiger partial charge is 0.351 e. The quantitative estimate of drug-likeness (QED) is 0.740. The number of hydrogen-bond donors (Lipinski definition) is 2. The highest BCUT2D eigenvalue weighted by molar-refractivity contribution is 5.72. The average Bonchev–Trinajstić information content (AvgIpc) is 2.39. The van der Waals surface area contributed by atoms with Gasteiger partial charge in [-0.2, -0.15) is 5.26 Å². The van der Waals surface area contributed by atoms with Gasteiger partial charge in [0.25, 0.3) is 0 Å². The van der Waals surface area contributed by atoms with E-state index in [0.29, 0.717) is 18.7 Å². The lowest BCUT2D eigenvalue weighted by Gasteiger charge is -2.35. The number of amides is 2. The lowest BCUT2D eigenvalue weighted by Crippen LogP contribution is -2.50. The molecule has 5 nitrogen and oxygen atoms in total. The van der Waals surface area contributed by atoms with Crippen molar-refractivity contribution in [2.24, 2.45) is 5.73 Å². The predicted molar refractivity (Wildman–Crippen MR) is 63.1 cm³/mol. The first-order chi connectivity index (χ1) is 8.22. The van der Waals surface area contributed by atoms with E-state index in [4.69, 9.17) is 11.0 Å². The highest BCUT2D eigenvalue weighted by Gasteiger charge is 2.25. The van der Waals surface area contributed by atoms with E-state index >= 15 is 0 Å². The van der Waals surface area contributed by atoms with Gasteiger partial charge in [0.1, 0.15) is 0 Å². The molecule has 0 radical (unpaired) electrons. The van der Waals surface area contributed by atoms with Crippen molar-refractivity contribution in [3.05, 3.63) is 35.4 Å². The molecule has 2 amide bonds. The van der Waals surface area contributed by atoms with Crippen LogP contribution in [0.2, 0.25) is 0 Å². The number of nitrogens with one attached hydrogen (secondary N) is 1. The number of nitrogens with zero attached hydrogens (tertiary/aromatic N) is 2. The van der Waals surface area contributed by atoms with E-state index in [0.717, 1.165) is 12.1 Å². The van der Waals surface area contributed by atoms with Crippen LogP contribution in [0.5, 0.6) is 0 Å². The number of carbonyl (C=O) groups excluding carboxylic acids is 1. The minimum absolute atomic E-state index is 0.0472. The third-order valence-electron chi connectivity index (χ3n) is 2.95. The van der Waals surface area contributed by atoms with Crippen molar-refractivity contribution in [3.8, 4) is 6.07 Å². The van der Waals surface area contributed by atoms with Gasteiger partial charge in [-0.05, 0) is 17.7 Å². The molecular weight excluding hydrogens is 216 g/mol. The van der Waals surface area contributed by atoms with Gasteiger partial charge >= 0.3 is 6.03 Å². The molecule has 1 heterocycles. The van der Waals surface area contributed by atoms with Crippen LogP contribution in [0.1, 0.15) is 17.2 Å². The molecule has 1 fully saturated rings. The summed E-state index contributed by atoms with van der Waals surface area (Å²) in [5.74, 6) is 0. The monoisotopic (exact) mass is 230 g/mol. The first-order valence-corrected chi connectivity index (χ1v) is 5.49. The zero-order valence-electron chi connectivity index (χ0n) is 9.39. The Morgan fingerprint density at radius 3 is 2.76 bits per heavy atom. The summed E-state index contributed by atoms with van der Waals surface area (Å²) >= 11 is 0. The fraction of sp³-hybridized carbons (Fsp3) is 0.333. The van der Waals surface area contributed by atoms with E-state index in [2.05, 4.69) is 11.4 Å². The summed E-state index contributed by atoms with van der Waals surface area (Å²) in [6.45, 7) is 2.06. The highest BCUT2D eigenvalue weighted by Crippen LogP contribution is 2.22. The van der Waals surface area contributed by atoms with Crippen molar-refractivity contribution in [3.63, 3.8) is 0 Å². The number of piperazine rings is 1. The van der Waals surface area contributed by atoms with Crippen molar-refractivity contribution in [1.29, 1.82) is 5.26 Å². The summed E-state index contributed by atoms with van der Waals surface area (Å²) < 4.78 is 0. The second kappa shape index (κ2) is 4.85. The normalized spacial score (nSPS) is 19.7. The number of rotatable bonds is 1. The number of nitrogens with two attached hydrogens (primary N) is 1. The van der Waals surface area contributed by atoms with E-state index in [1.165, 1.54) is 0 Å². The Labute approximate surface area is 99.8 Å². The lowest BCUT2D eigenvalue weighted by molar-refractivity contribution is 0.167. The molecule has 17 heavy (non-hydrogen) atoms. The van der Waals surface area contributed by atoms with E-state index < -0.39 is 6.03 Å². The number of urea groups is 1. The summed E-state index contributed by atoms with van der Waals surface area (Å²) in [4.78, 5) is 13.0. The summed E-state index contributed by atoms with van der Waals surface area (Å²) in [6.07, 6.45) is 0. The summed E-state index contributed by atoms with van der Waals surface area (Å²) in [5, 5.41) is 12.0. The van der Waals surface area contributed by atoms with Crippen LogP contribution in [-0.2, 0) is 0 Å². The van der Waals surface area contributed by atoms with Gasteiger partial charge in [0.2, 0.25) is 0 Å². The maximum Gasteiger partial charge on any atom is 0.315 e. The first kappa shape index (κ1) is 11.4. The Balaban J connectivity index is 2.24. The van der Waals surface area contributed by atoms with E-state index in [9.17, 15) is 4.79 Å². The van der Waals surface area contributed by atoms with Crippen LogP contribution in [0, 0.1) is 11.3 Å². The van der Waals surface area contributed by atoms with Crippen molar-refractivity contribution >= 4 is 6.03 Å². The molecule has 3 N–H and O–H groups in total. The summed E-state index contributed by atoms with van der Waals surface area (Å²) in [5.41, 5.74) is 6.97. The molecule has 1 aromatic carbocycles. The molecule has 0 aliphatic carbocycles. The average molecular weight is 230 g/mol. The smallest absolute Gasteiger partial charge is 0.315 e. The fourth-order valence-electron chi connectivity index (χ4n) is 2.05. The maximum atomic E-state index is 11.3. The SMILES string of the molecule is N#Cc1ccc(C2CNCCN2C(N)=O)cc1. The van der Waals surface area contributed by atoms with Crippen molar-refractivity contribution < 1.29 is 4.79 Å². The minimum Gasteiger partial charge on any atom is -0.351 e. The van der Waals surface area contributed by atoms with Gasteiger partial charge < -0.3 is 16.0 Å². The molecule has 1 aliphatic heterocycles. The van der Waals surface area contributed by atoms with Crippen LogP contribution in [-0.4, -0.2) is 30.6 Å². The van der Waals surface area contributed by atoms with Crippen molar-refractivity contribution in [2.75, 3.05) is 19.6 Å². The molecule has 5 heteroatoms. The molecule has 0 bridgehead atoms. The number of hydrogen-bond acceptors (Lipinski definition) is 3. The first-order valence-electron chi connectivity index (χ1n) is 5.49. The molecule has 0 spiro atoms. The third-order valence-corrected chi connectivity index (χ3v) is 2.95. The van der Waals surface area contributed by atoms with Crippen LogP contribution in [0.25, 0.3) is 0 Å². The Morgan fingerprint density at radius 2 is 2.18 bits per heavy atom. The number of carbonyl (C=O) groups is 1. The highest BCUT2D eigenvalue weighted by atomic mass is 16.2. The van der Waals surface area contributed by atoms with Gasteiger partial charge in [-0.25, -0.2) is 4.79 Å². The Hall–Kier alpha value is -2.06. The topological polar surface area (TPSA) is 82.2 Å². The molecule has 1 saturated heterocycles. The molecule has 0 aromatic heterocycles. The minimum atomic E-state index is -0.402. The van der Waals surface area contributed by atoms with Crippen molar-refractivity contribution in [2.45, 2.75) is 6.04 Å². The molecule has 0 saturated carbocycles. The Kier molecular flexibility index (Phi) is 3.26. The van der Waals surface area contributed by atoms with Crippen LogP contribution < -0.4 is 11.1 Å². The van der Waals surface area contributed by atoms with E-state index in [-0.39, 0.29) is 6.04 Å². The Bertz CT molecular complexity index is 449. The van der Waals surface area contributed by atoms with Gasteiger partial charge in [-0.3, -0.25) is 0 Å². The molecular formula is C12H14N4O. The maximum absolute atomic E-state index is 11.3. The molecule has 88 valence electrons. The van der Waals surface area contributed by atoms with Crippen LogP contribution in [0.3, 0.4) is 0 Å². The number of benzene rings is 1. The van der Waals surface area contributed by atoms with E-state index in [1.807, 2.05) is 12.1 Å². The molecule has 1 aliphatic rings. The van der Waals surface area contributed by atoms with E-state index in [1.54, 1.807) is 17.0 Å². The standard InChI is InChI=1S/C12H14N4O/c13-7-9-1-3-10(4-2-9)11-8-15-5-6-16(11)12(14)17/h1-4,11,15H,5-6,8H2,(H2,14,17). The summed E-state index contributed by atoms with van der Waals surface area (Å²) in [6, 6.07) is 8.86. The van der Waals surface area contributed by atoms with Gasteiger partial charge in [-0.15, -0.1) is 0 Å². The van der Waals surface area contributed by atoms with Crippen LogP contribution >= 0.6 is 0 Å². The fourth-order valence-corrected chi connectivity index (χ4v) is 2.05. The zero-order chi connectivity index (χ0) is 12.3. The van der Waals surface area contributed by atoms with Crippen LogP contribution in [0.15, 0.2) is 24.3 Å².